The Balaban J connectivity index is 2.02. The predicted molar refractivity (Wildman–Crippen MR) is 119 cm³/mol. The molecule has 0 aliphatic carbocycles. The van der Waals surface area contributed by atoms with Crippen LogP contribution in [0.3, 0.4) is 0 Å². The van der Waals surface area contributed by atoms with Crippen molar-refractivity contribution in [3.63, 3.8) is 0 Å². The Morgan fingerprint density at radius 3 is 2.59 bits per heavy atom. The van der Waals surface area contributed by atoms with Crippen LogP contribution in [-0.4, -0.2) is 13.1 Å². The first-order valence-electron chi connectivity index (χ1n) is 12.1. The van der Waals surface area contributed by atoms with Crippen LogP contribution in [-0.2, 0) is 0 Å². The van der Waals surface area contributed by atoms with Crippen LogP contribution in [0.2, 0.25) is 19.6 Å². The molecule has 4 aromatic rings. The number of rotatable bonds is 3. The molecule has 2 aromatic carbocycles. The van der Waals surface area contributed by atoms with Crippen molar-refractivity contribution in [3.05, 3.63) is 59.8 Å². The first kappa shape index (κ1) is 12.1. The van der Waals surface area contributed by atoms with E-state index in [9.17, 15) is 0 Å². The van der Waals surface area contributed by atoms with Gasteiger partial charge in [0.05, 0.1) is 13.8 Å². The molecular formula is C24H27NOSi. The lowest BCUT2D eigenvalue weighted by atomic mass is 9.97. The molecule has 0 bridgehead atoms. The van der Waals surface area contributed by atoms with Crippen molar-refractivity contribution < 1.29 is 12.6 Å². The molecule has 2 heterocycles. The molecule has 0 aliphatic rings. The topological polar surface area (TPSA) is 26.0 Å². The highest BCUT2D eigenvalue weighted by molar-refractivity contribution is 6.90. The first-order chi connectivity index (χ1) is 15.2. The Hall–Kier alpha value is -2.39. The van der Waals surface area contributed by atoms with E-state index in [0.717, 1.165) is 21.9 Å². The lowest BCUT2D eigenvalue weighted by Crippen LogP contribution is -2.37. The van der Waals surface area contributed by atoms with Crippen molar-refractivity contribution in [1.29, 1.82) is 0 Å². The van der Waals surface area contributed by atoms with Crippen molar-refractivity contribution in [2.24, 2.45) is 0 Å². The number of benzene rings is 2. The molecule has 2 aromatic heterocycles. The Kier molecular flexibility index (Phi) is 2.85. The molecule has 0 fully saturated rings. The molecule has 3 heteroatoms. The Morgan fingerprint density at radius 1 is 1.07 bits per heavy atom. The smallest absolute Gasteiger partial charge is 0.144 e. The van der Waals surface area contributed by atoms with Crippen LogP contribution < -0.4 is 5.19 Å². The molecule has 0 N–H and O–H groups in total. The van der Waals surface area contributed by atoms with Gasteiger partial charge in [0.2, 0.25) is 0 Å². The molecular weight excluding hydrogens is 346 g/mol. The summed E-state index contributed by atoms with van der Waals surface area (Å²) in [5.74, 6) is -1.60. The van der Waals surface area contributed by atoms with Crippen LogP contribution in [0.1, 0.15) is 39.0 Å². The fraction of sp³-hybridized carbons (Fsp3) is 0.292. The second-order valence-electron chi connectivity index (χ2n) is 8.07. The van der Waals surface area contributed by atoms with Gasteiger partial charge in [0.25, 0.3) is 0 Å². The fourth-order valence-electron chi connectivity index (χ4n) is 3.65. The van der Waals surface area contributed by atoms with Gasteiger partial charge in [0.15, 0.2) is 0 Å². The van der Waals surface area contributed by atoms with E-state index in [1.807, 2.05) is 30.3 Å². The summed E-state index contributed by atoms with van der Waals surface area (Å²) in [5.41, 5.74) is 3.49. The number of para-hydroxylation sites is 1. The van der Waals surface area contributed by atoms with Gasteiger partial charge in [-0.3, -0.25) is 4.98 Å². The Bertz CT molecular complexity index is 1330. The van der Waals surface area contributed by atoms with Gasteiger partial charge in [-0.25, -0.2) is 0 Å². The number of furan rings is 1. The quantitative estimate of drug-likeness (QED) is 0.374. The zero-order valence-electron chi connectivity index (χ0n) is 22.1. The van der Waals surface area contributed by atoms with Crippen molar-refractivity contribution in [2.75, 3.05) is 0 Å². The molecule has 0 atom stereocenters. The lowest BCUT2D eigenvalue weighted by Gasteiger charge is -2.19. The van der Waals surface area contributed by atoms with Gasteiger partial charge >= 0.3 is 0 Å². The third-order valence-corrected chi connectivity index (χ3v) is 7.10. The van der Waals surface area contributed by atoms with Crippen LogP contribution in [0.25, 0.3) is 33.2 Å². The lowest BCUT2D eigenvalue weighted by molar-refractivity contribution is 0.670. The van der Waals surface area contributed by atoms with Gasteiger partial charge in [-0.05, 0) is 47.4 Å². The minimum absolute atomic E-state index is 0.263. The number of aromatic nitrogens is 1. The van der Waals surface area contributed by atoms with Crippen LogP contribution in [0.4, 0.5) is 0 Å². The van der Waals surface area contributed by atoms with E-state index < -0.39 is 27.7 Å². The molecule has 27 heavy (non-hydrogen) atoms. The second-order valence-corrected chi connectivity index (χ2v) is 13.1. The van der Waals surface area contributed by atoms with Crippen molar-refractivity contribution in [3.8, 4) is 11.3 Å². The normalized spacial score (nSPS) is 16.6. The first-order valence-corrected chi connectivity index (χ1v) is 12.6. The SMILES string of the molecule is [2H]C([2H])([2H])C(c1cc(-c2ccc([Si](C)(C)C)c3c2oc2ccccc23)ncc1C)C([2H])([2H])[2H]. The molecule has 0 spiro atoms. The number of pyridine rings is 1. The summed E-state index contributed by atoms with van der Waals surface area (Å²) >= 11 is 0. The highest BCUT2D eigenvalue weighted by Gasteiger charge is 2.24. The summed E-state index contributed by atoms with van der Waals surface area (Å²) in [6.07, 6.45) is 1.55. The van der Waals surface area contributed by atoms with E-state index >= 15 is 0 Å². The number of hydrogen-bond donors (Lipinski definition) is 0. The van der Waals surface area contributed by atoms with Crippen molar-refractivity contribution in [2.45, 2.75) is 46.2 Å². The summed E-state index contributed by atoms with van der Waals surface area (Å²) in [6, 6.07) is 13.6. The van der Waals surface area contributed by atoms with Crippen LogP contribution in [0, 0.1) is 6.92 Å². The van der Waals surface area contributed by atoms with Crippen LogP contribution in [0.5, 0.6) is 0 Å². The summed E-state index contributed by atoms with van der Waals surface area (Å²) in [6.45, 7) is 3.19. The molecule has 0 radical (unpaired) electrons. The van der Waals surface area contributed by atoms with Crippen molar-refractivity contribution in [1.82, 2.24) is 4.98 Å². The van der Waals surface area contributed by atoms with E-state index in [1.165, 1.54) is 5.19 Å². The molecule has 4 rings (SSSR count). The van der Waals surface area contributed by atoms with Gasteiger partial charge < -0.3 is 4.42 Å². The Morgan fingerprint density at radius 2 is 1.85 bits per heavy atom. The molecule has 0 amide bonds. The standard InChI is InChI=1S/C24H27NOSi/c1-15(2)19-13-20(25-14-16(19)3)17-11-12-22(27(4,5)6)23-18-9-7-8-10-21(18)26-24(17)23/h7-15H,1-6H3/i1D3,2D3. The number of aryl methyl sites for hydroxylation is 1. The number of fused-ring (bicyclic) bond motifs is 3. The Labute approximate surface area is 170 Å². The van der Waals surface area contributed by atoms with E-state index in [4.69, 9.17) is 12.6 Å². The second kappa shape index (κ2) is 6.34. The zero-order valence-corrected chi connectivity index (χ0v) is 17.1. The zero-order chi connectivity index (χ0) is 24.3. The minimum Gasteiger partial charge on any atom is -0.455 e. The molecule has 2 nitrogen and oxygen atoms in total. The highest BCUT2D eigenvalue weighted by Crippen LogP contribution is 2.36. The van der Waals surface area contributed by atoms with Crippen LogP contribution >= 0.6 is 0 Å². The molecule has 0 aliphatic heterocycles. The van der Waals surface area contributed by atoms with E-state index in [2.05, 4.69) is 30.7 Å². The molecule has 138 valence electrons. The fourth-order valence-corrected chi connectivity index (χ4v) is 5.23. The minimum atomic E-state index is -2.68. The predicted octanol–water partition coefficient (Wildman–Crippen LogP) is 6.63. The molecule has 0 unspecified atom stereocenters. The van der Waals surface area contributed by atoms with Gasteiger partial charge in [0.1, 0.15) is 11.2 Å². The third-order valence-electron chi connectivity index (χ3n) is 5.07. The van der Waals surface area contributed by atoms with E-state index in [1.54, 1.807) is 19.2 Å². The maximum absolute atomic E-state index is 7.89. The molecule has 0 saturated heterocycles. The summed E-state index contributed by atoms with van der Waals surface area (Å²) in [7, 11) is -1.72. The van der Waals surface area contributed by atoms with Gasteiger partial charge in [-0.2, -0.15) is 0 Å². The largest absolute Gasteiger partial charge is 0.455 e. The summed E-state index contributed by atoms with van der Waals surface area (Å²) in [5, 5.41) is 3.35. The van der Waals surface area contributed by atoms with Gasteiger partial charge in [0, 0.05) is 30.8 Å². The average Bonchev–Trinajstić information content (AvgIpc) is 3.05. The monoisotopic (exact) mass is 379 g/mol. The van der Waals surface area contributed by atoms with Gasteiger partial charge in [-0.1, -0.05) is 57.6 Å². The maximum Gasteiger partial charge on any atom is 0.144 e. The van der Waals surface area contributed by atoms with Crippen molar-refractivity contribution >= 4 is 35.2 Å². The van der Waals surface area contributed by atoms with E-state index in [-0.39, 0.29) is 5.56 Å². The van der Waals surface area contributed by atoms with Crippen LogP contribution in [0.15, 0.2) is 53.1 Å². The number of nitrogens with zero attached hydrogens (tertiary/aromatic N) is 1. The summed E-state index contributed by atoms with van der Waals surface area (Å²) < 4.78 is 53.7. The summed E-state index contributed by atoms with van der Waals surface area (Å²) in [4.78, 5) is 4.55. The average molecular weight is 380 g/mol. The number of hydrogen-bond acceptors (Lipinski definition) is 2. The third kappa shape index (κ3) is 3.00. The van der Waals surface area contributed by atoms with Gasteiger partial charge in [-0.15, -0.1) is 0 Å². The van der Waals surface area contributed by atoms with E-state index in [0.29, 0.717) is 16.8 Å². The maximum atomic E-state index is 7.89. The molecule has 0 saturated carbocycles. The highest BCUT2D eigenvalue weighted by atomic mass is 28.3.